The number of anilines is 2. The maximum atomic E-state index is 11.1. The first-order chi connectivity index (χ1) is 7.83. The molecular formula is C9H17N5O2S. The molecule has 0 amide bonds. The van der Waals surface area contributed by atoms with Crippen LogP contribution in [-0.2, 0) is 9.84 Å². The summed E-state index contributed by atoms with van der Waals surface area (Å²) in [5.74, 6) is 6.41. The van der Waals surface area contributed by atoms with Crippen molar-refractivity contribution in [2.24, 2.45) is 5.84 Å². The van der Waals surface area contributed by atoms with Crippen molar-refractivity contribution in [3.05, 3.63) is 11.9 Å². The molecule has 0 spiro atoms. The van der Waals surface area contributed by atoms with Gasteiger partial charge in [0.25, 0.3) is 0 Å². The molecule has 1 aromatic rings. The van der Waals surface area contributed by atoms with Gasteiger partial charge in [-0.3, -0.25) is 0 Å². The summed E-state index contributed by atoms with van der Waals surface area (Å²) in [5, 5.41) is 3.02. The Balaban J connectivity index is 2.82. The Bertz CT molecular complexity index is 488. The first kappa shape index (κ1) is 13.7. The van der Waals surface area contributed by atoms with Crippen molar-refractivity contribution in [2.75, 3.05) is 22.8 Å². The van der Waals surface area contributed by atoms with Crippen LogP contribution in [0.2, 0.25) is 0 Å². The lowest BCUT2D eigenvalue weighted by atomic mass is 10.3. The molecule has 1 unspecified atom stereocenters. The Morgan fingerprint density at radius 1 is 1.41 bits per heavy atom. The van der Waals surface area contributed by atoms with Crippen LogP contribution < -0.4 is 16.6 Å². The number of aromatic nitrogens is 2. The predicted molar refractivity (Wildman–Crippen MR) is 67.4 cm³/mol. The molecule has 0 saturated heterocycles. The Morgan fingerprint density at radius 2 is 2.00 bits per heavy atom. The van der Waals surface area contributed by atoms with E-state index in [4.69, 9.17) is 5.84 Å². The molecule has 96 valence electrons. The van der Waals surface area contributed by atoms with Gasteiger partial charge >= 0.3 is 0 Å². The molecule has 0 aromatic carbocycles. The maximum Gasteiger partial charge on any atom is 0.149 e. The van der Waals surface area contributed by atoms with E-state index in [-0.39, 0.29) is 11.8 Å². The quantitative estimate of drug-likeness (QED) is 0.501. The van der Waals surface area contributed by atoms with Crippen LogP contribution in [0.4, 0.5) is 11.6 Å². The number of sulfone groups is 1. The fourth-order valence-electron chi connectivity index (χ4n) is 1.47. The SMILES string of the molecule is Cc1c(NN)ncnc1NC(C)CS(C)(=O)=O. The normalized spacial score (nSPS) is 13.2. The van der Waals surface area contributed by atoms with E-state index in [0.29, 0.717) is 11.6 Å². The standard InChI is InChI=1S/C9H17N5O2S/c1-6(4-17(3,15)16)13-8-7(2)9(14-10)12-5-11-8/h5-6H,4,10H2,1-3H3,(H2,11,12,13,14). The summed E-state index contributed by atoms with van der Waals surface area (Å²) in [6, 6.07) is -0.232. The summed E-state index contributed by atoms with van der Waals surface area (Å²) in [5.41, 5.74) is 3.19. The van der Waals surface area contributed by atoms with Crippen molar-refractivity contribution in [3.8, 4) is 0 Å². The lowest BCUT2D eigenvalue weighted by Gasteiger charge is -2.16. The highest BCUT2D eigenvalue weighted by Crippen LogP contribution is 2.17. The highest BCUT2D eigenvalue weighted by atomic mass is 32.2. The summed E-state index contributed by atoms with van der Waals surface area (Å²) >= 11 is 0. The summed E-state index contributed by atoms with van der Waals surface area (Å²) in [4.78, 5) is 7.98. The zero-order valence-electron chi connectivity index (χ0n) is 10.1. The fraction of sp³-hybridized carbons (Fsp3) is 0.556. The lowest BCUT2D eigenvalue weighted by Crippen LogP contribution is -2.26. The van der Waals surface area contributed by atoms with Crippen LogP contribution >= 0.6 is 0 Å². The Kier molecular flexibility index (Phi) is 4.24. The summed E-state index contributed by atoms with van der Waals surface area (Å²) in [6.45, 7) is 3.57. The number of nitrogens with one attached hydrogen (secondary N) is 2. The van der Waals surface area contributed by atoms with Crippen LogP contribution in [0, 0.1) is 6.92 Å². The van der Waals surface area contributed by atoms with Gasteiger partial charge in [-0.15, -0.1) is 0 Å². The van der Waals surface area contributed by atoms with Gasteiger partial charge in [-0.1, -0.05) is 0 Å². The maximum absolute atomic E-state index is 11.1. The molecule has 1 rings (SSSR count). The topological polar surface area (TPSA) is 110 Å². The van der Waals surface area contributed by atoms with Crippen LogP contribution in [-0.4, -0.2) is 36.4 Å². The van der Waals surface area contributed by atoms with Gasteiger partial charge < -0.3 is 10.7 Å². The lowest BCUT2D eigenvalue weighted by molar-refractivity contribution is 0.598. The van der Waals surface area contributed by atoms with Crippen molar-refractivity contribution < 1.29 is 8.42 Å². The van der Waals surface area contributed by atoms with Crippen LogP contribution in [0.15, 0.2) is 6.33 Å². The smallest absolute Gasteiger partial charge is 0.149 e. The molecule has 0 bridgehead atoms. The fourth-order valence-corrected chi connectivity index (χ4v) is 2.46. The molecule has 0 aliphatic heterocycles. The van der Waals surface area contributed by atoms with Crippen molar-refractivity contribution >= 4 is 21.5 Å². The minimum absolute atomic E-state index is 0.0435. The van der Waals surface area contributed by atoms with Gasteiger partial charge in [0.2, 0.25) is 0 Å². The second kappa shape index (κ2) is 5.28. The van der Waals surface area contributed by atoms with Gasteiger partial charge in [-0.25, -0.2) is 24.2 Å². The monoisotopic (exact) mass is 259 g/mol. The molecule has 0 aliphatic carbocycles. The summed E-state index contributed by atoms with van der Waals surface area (Å²) < 4.78 is 22.3. The number of hydrogen-bond acceptors (Lipinski definition) is 7. The number of nitrogen functional groups attached to an aromatic ring is 1. The van der Waals surface area contributed by atoms with E-state index < -0.39 is 9.84 Å². The molecule has 0 radical (unpaired) electrons. The van der Waals surface area contributed by atoms with Crippen LogP contribution in [0.1, 0.15) is 12.5 Å². The third kappa shape index (κ3) is 4.16. The third-order valence-electron chi connectivity index (χ3n) is 2.16. The number of hydrogen-bond donors (Lipinski definition) is 3. The van der Waals surface area contributed by atoms with Crippen molar-refractivity contribution in [3.63, 3.8) is 0 Å². The first-order valence-corrected chi connectivity index (χ1v) is 7.12. The van der Waals surface area contributed by atoms with Gasteiger partial charge in [0.15, 0.2) is 0 Å². The molecule has 1 atom stereocenters. The molecule has 7 nitrogen and oxygen atoms in total. The van der Waals surface area contributed by atoms with E-state index in [1.165, 1.54) is 12.6 Å². The summed E-state index contributed by atoms with van der Waals surface area (Å²) in [7, 11) is -3.02. The summed E-state index contributed by atoms with van der Waals surface area (Å²) in [6.07, 6.45) is 2.56. The minimum atomic E-state index is -3.02. The molecule has 1 heterocycles. The van der Waals surface area contributed by atoms with Crippen LogP contribution in [0.3, 0.4) is 0 Å². The van der Waals surface area contributed by atoms with Gasteiger partial charge in [0.05, 0.1) is 5.75 Å². The number of nitrogens with two attached hydrogens (primary N) is 1. The van der Waals surface area contributed by atoms with Crippen molar-refractivity contribution in [1.82, 2.24) is 9.97 Å². The second-order valence-electron chi connectivity index (χ2n) is 3.98. The zero-order chi connectivity index (χ0) is 13.1. The Labute approximate surface area is 101 Å². The highest BCUT2D eigenvalue weighted by Gasteiger charge is 2.13. The molecule has 1 aromatic heterocycles. The average molecular weight is 259 g/mol. The van der Waals surface area contributed by atoms with E-state index in [9.17, 15) is 8.42 Å². The van der Waals surface area contributed by atoms with Gasteiger partial charge in [0, 0.05) is 17.9 Å². The highest BCUT2D eigenvalue weighted by molar-refractivity contribution is 7.90. The van der Waals surface area contributed by atoms with Crippen LogP contribution in [0.25, 0.3) is 0 Å². The van der Waals surface area contributed by atoms with Gasteiger partial charge in [-0.05, 0) is 13.8 Å². The van der Waals surface area contributed by atoms with E-state index in [1.54, 1.807) is 13.8 Å². The molecular weight excluding hydrogens is 242 g/mol. The number of hydrazine groups is 1. The molecule has 0 saturated carbocycles. The van der Waals surface area contributed by atoms with E-state index in [0.717, 1.165) is 5.56 Å². The number of nitrogens with zero attached hydrogens (tertiary/aromatic N) is 2. The zero-order valence-corrected chi connectivity index (χ0v) is 10.9. The number of rotatable bonds is 5. The minimum Gasteiger partial charge on any atom is -0.366 e. The van der Waals surface area contributed by atoms with Gasteiger partial charge in [0.1, 0.15) is 27.8 Å². The molecule has 0 aliphatic rings. The van der Waals surface area contributed by atoms with E-state index >= 15 is 0 Å². The Hall–Kier alpha value is -1.41. The van der Waals surface area contributed by atoms with Gasteiger partial charge in [-0.2, -0.15) is 0 Å². The van der Waals surface area contributed by atoms with Crippen molar-refractivity contribution in [2.45, 2.75) is 19.9 Å². The predicted octanol–water partition coefficient (Wildman–Crippen LogP) is -0.0844. The third-order valence-corrected chi connectivity index (χ3v) is 3.26. The van der Waals surface area contributed by atoms with Crippen molar-refractivity contribution in [1.29, 1.82) is 0 Å². The molecule has 4 N–H and O–H groups in total. The first-order valence-electron chi connectivity index (χ1n) is 5.06. The second-order valence-corrected chi connectivity index (χ2v) is 6.16. The largest absolute Gasteiger partial charge is 0.366 e. The Morgan fingerprint density at radius 3 is 2.53 bits per heavy atom. The average Bonchev–Trinajstić information content (AvgIpc) is 2.18. The molecule has 17 heavy (non-hydrogen) atoms. The van der Waals surface area contributed by atoms with E-state index in [2.05, 4.69) is 20.7 Å². The molecule has 0 fully saturated rings. The van der Waals surface area contributed by atoms with Crippen LogP contribution in [0.5, 0.6) is 0 Å². The van der Waals surface area contributed by atoms with E-state index in [1.807, 2.05) is 0 Å². The molecule has 8 heteroatoms.